The van der Waals surface area contributed by atoms with Gasteiger partial charge in [0.1, 0.15) is 5.75 Å². The number of hydrogen-bond donors (Lipinski definition) is 2. The fourth-order valence-corrected chi connectivity index (χ4v) is 1.68. The Labute approximate surface area is 108 Å². The maximum Gasteiger partial charge on any atom is 0.164 e. The number of rotatable bonds is 8. The molecule has 102 valence electrons. The quantitative estimate of drug-likeness (QED) is 0.681. The Bertz CT molecular complexity index is 369. The highest BCUT2D eigenvalue weighted by Crippen LogP contribution is 2.34. The Morgan fingerprint density at radius 3 is 2.17 bits per heavy atom. The Kier molecular flexibility index (Phi) is 6.32. The van der Waals surface area contributed by atoms with E-state index in [4.69, 9.17) is 19.9 Å². The van der Waals surface area contributed by atoms with Gasteiger partial charge in [-0.2, -0.15) is 0 Å². The van der Waals surface area contributed by atoms with E-state index in [1.165, 1.54) is 0 Å². The highest BCUT2D eigenvalue weighted by Gasteiger charge is 2.11. The first kappa shape index (κ1) is 14.6. The van der Waals surface area contributed by atoms with Gasteiger partial charge < -0.3 is 25.3 Å². The third-order valence-corrected chi connectivity index (χ3v) is 2.66. The molecule has 0 saturated carbocycles. The lowest BCUT2D eigenvalue weighted by atomic mass is 10.1. The molecule has 5 nitrogen and oxygen atoms in total. The monoisotopic (exact) mass is 254 g/mol. The number of ether oxygens (including phenoxy) is 3. The molecular weight excluding hydrogens is 232 g/mol. The van der Waals surface area contributed by atoms with Crippen molar-refractivity contribution in [2.75, 3.05) is 34.4 Å². The molecule has 0 fully saturated rings. The van der Waals surface area contributed by atoms with Crippen molar-refractivity contribution in [2.24, 2.45) is 5.73 Å². The van der Waals surface area contributed by atoms with Gasteiger partial charge in [-0.1, -0.05) is 0 Å². The topological polar surface area (TPSA) is 65.7 Å². The molecule has 3 N–H and O–H groups in total. The molecule has 0 saturated heterocycles. The summed E-state index contributed by atoms with van der Waals surface area (Å²) in [5.41, 5.74) is 6.48. The maximum atomic E-state index is 5.45. The molecule has 0 spiro atoms. The highest BCUT2D eigenvalue weighted by atomic mass is 16.5. The van der Waals surface area contributed by atoms with Crippen molar-refractivity contribution in [1.82, 2.24) is 5.32 Å². The summed E-state index contributed by atoms with van der Waals surface area (Å²) in [6, 6.07) is 3.76. The molecule has 0 aliphatic heterocycles. The van der Waals surface area contributed by atoms with Crippen LogP contribution in [0, 0.1) is 0 Å². The Hall–Kier alpha value is -1.46. The van der Waals surface area contributed by atoms with Crippen molar-refractivity contribution in [1.29, 1.82) is 0 Å². The van der Waals surface area contributed by atoms with Crippen LogP contribution in [0.5, 0.6) is 17.2 Å². The second-order valence-electron chi connectivity index (χ2n) is 3.84. The molecule has 0 heterocycles. The Balaban J connectivity index is 2.81. The average molecular weight is 254 g/mol. The van der Waals surface area contributed by atoms with Gasteiger partial charge in [-0.25, -0.2) is 0 Å². The zero-order valence-corrected chi connectivity index (χ0v) is 11.3. The number of benzene rings is 1. The van der Waals surface area contributed by atoms with Crippen LogP contribution in [0.15, 0.2) is 12.1 Å². The molecule has 0 aromatic heterocycles. The molecule has 1 rings (SSSR count). The van der Waals surface area contributed by atoms with E-state index in [2.05, 4.69) is 5.32 Å². The van der Waals surface area contributed by atoms with Gasteiger partial charge in [0, 0.05) is 18.2 Å². The molecule has 0 aliphatic carbocycles. The van der Waals surface area contributed by atoms with Gasteiger partial charge in [0.25, 0.3) is 0 Å². The van der Waals surface area contributed by atoms with Crippen LogP contribution in [-0.2, 0) is 6.54 Å². The van der Waals surface area contributed by atoms with Crippen LogP contribution >= 0.6 is 0 Å². The molecule has 0 unspecified atom stereocenters. The first-order chi connectivity index (χ1) is 8.76. The molecule has 18 heavy (non-hydrogen) atoms. The van der Waals surface area contributed by atoms with Gasteiger partial charge >= 0.3 is 0 Å². The van der Waals surface area contributed by atoms with Gasteiger partial charge in [-0.05, 0) is 25.6 Å². The zero-order chi connectivity index (χ0) is 13.4. The minimum Gasteiger partial charge on any atom is -0.496 e. The summed E-state index contributed by atoms with van der Waals surface area (Å²) >= 11 is 0. The Morgan fingerprint density at radius 2 is 1.61 bits per heavy atom. The van der Waals surface area contributed by atoms with Crippen molar-refractivity contribution < 1.29 is 14.2 Å². The summed E-state index contributed by atoms with van der Waals surface area (Å²) in [6.07, 6.45) is 0.954. The maximum absolute atomic E-state index is 5.45. The van der Waals surface area contributed by atoms with E-state index in [9.17, 15) is 0 Å². The van der Waals surface area contributed by atoms with E-state index in [0.29, 0.717) is 24.6 Å². The fourth-order valence-electron chi connectivity index (χ4n) is 1.68. The average Bonchev–Trinajstić information content (AvgIpc) is 2.42. The molecule has 0 aliphatic rings. The van der Waals surface area contributed by atoms with Gasteiger partial charge in [0.15, 0.2) is 11.5 Å². The van der Waals surface area contributed by atoms with E-state index in [1.807, 2.05) is 12.1 Å². The highest BCUT2D eigenvalue weighted by molar-refractivity contribution is 5.50. The zero-order valence-electron chi connectivity index (χ0n) is 11.3. The van der Waals surface area contributed by atoms with Crippen LogP contribution in [0.1, 0.15) is 12.0 Å². The summed E-state index contributed by atoms with van der Waals surface area (Å²) in [7, 11) is 4.87. The van der Waals surface area contributed by atoms with Crippen LogP contribution in [0.3, 0.4) is 0 Å². The lowest BCUT2D eigenvalue weighted by Crippen LogP contribution is -2.18. The van der Waals surface area contributed by atoms with Gasteiger partial charge in [-0.3, -0.25) is 0 Å². The molecule has 0 amide bonds. The first-order valence-corrected chi connectivity index (χ1v) is 5.96. The van der Waals surface area contributed by atoms with Gasteiger partial charge in [-0.15, -0.1) is 0 Å². The summed E-state index contributed by atoms with van der Waals surface area (Å²) in [5.74, 6) is 2.15. The van der Waals surface area contributed by atoms with Crippen molar-refractivity contribution in [3.05, 3.63) is 17.7 Å². The SMILES string of the molecule is COc1cc(OC)c(OC)cc1CNCCCN. The molecule has 0 radical (unpaired) electrons. The fraction of sp³-hybridized carbons (Fsp3) is 0.538. The van der Waals surface area contributed by atoms with E-state index in [-0.39, 0.29) is 0 Å². The normalized spacial score (nSPS) is 10.2. The minimum absolute atomic E-state index is 0.667. The summed E-state index contributed by atoms with van der Waals surface area (Å²) in [6.45, 7) is 2.29. The van der Waals surface area contributed by atoms with Crippen molar-refractivity contribution >= 4 is 0 Å². The smallest absolute Gasteiger partial charge is 0.164 e. The Morgan fingerprint density at radius 1 is 1.00 bits per heavy atom. The molecule has 0 atom stereocenters. The van der Waals surface area contributed by atoms with Crippen molar-refractivity contribution in [2.45, 2.75) is 13.0 Å². The van der Waals surface area contributed by atoms with Crippen molar-refractivity contribution in [3.63, 3.8) is 0 Å². The van der Waals surface area contributed by atoms with E-state index in [0.717, 1.165) is 24.3 Å². The third-order valence-electron chi connectivity index (χ3n) is 2.66. The summed E-state index contributed by atoms with van der Waals surface area (Å²) in [4.78, 5) is 0. The van der Waals surface area contributed by atoms with E-state index in [1.54, 1.807) is 21.3 Å². The van der Waals surface area contributed by atoms with Crippen molar-refractivity contribution in [3.8, 4) is 17.2 Å². The number of methoxy groups -OCH3 is 3. The van der Waals surface area contributed by atoms with Crippen LogP contribution in [0.4, 0.5) is 0 Å². The summed E-state index contributed by atoms with van der Waals surface area (Å²) in [5, 5.41) is 3.31. The minimum atomic E-state index is 0.667. The molecule has 1 aromatic rings. The standard InChI is InChI=1S/C13H22N2O3/c1-16-11-8-13(18-3)12(17-2)7-10(11)9-15-6-4-5-14/h7-8,15H,4-6,9,14H2,1-3H3. The second-order valence-corrected chi connectivity index (χ2v) is 3.84. The molecular formula is C13H22N2O3. The lowest BCUT2D eigenvalue weighted by molar-refractivity contribution is 0.347. The van der Waals surface area contributed by atoms with E-state index < -0.39 is 0 Å². The molecule has 0 bridgehead atoms. The number of nitrogens with two attached hydrogens (primary N) is 1. The predicted octanol–water partition coefficient (Wildman–Crippen LogP) is 1.15. The lowest BCUT2D eigenvalue weighted by Gasteiger charge is -2.14. The van der Waals surface area contributed by atoms with Crippen LogP contribution < -0.4 is 25.3 Å². The van der Waals surface area contributed by atoms with Crippen LogP contribution in [0.25, 0.3) is 0 Å². The van der Waals surface area contributed by atoms with Gasteiger partial charge in [0.05, 0.1) is 21.3 Å². The number of hydrogen-bond acceptors (Lipinski definition) is 5. The van der Waals surface area contributed by atoms with Crippen LogP contribution in [0.2, 0.25) is 0 Å². The molecule has 5 heteroatoms. The first-order valence-electron chi connectivity index (χ1n) is 5.96. The van der Waals surface area contributed by atoms with Gasteiger partial charge in [0.2, 0.25) is 0 Å². The van der Waals surface area contributed by atoms with E-state index >= 15 is 0 Å². The third kappa shape index (κ3) is 3.78. The second kappa shape index (κ2) is 7.79. The summed E-state index contributed by atoms with van der Waals surface area (Å²) < 4.78 is 15.9. The largest absolute Gasteiger partial charge is 0.496 e. The predicted molar refractivity (Wildman–Crippen MR) is 71.5 cm³/mol. The van der Waals surface area contributed by atoms with Crippen LogP contribution in [-0.4, -0.2) is 34.4 Å². The molecule has 1 aromatic carbocycles. The number of nitrogens with one attached hydrogen (secondary N) is 1.